The van der Waals surface area contributed by atoms with Crippen molar-refractivity contribution in [3.05, 3.63) is 59.8 Å². The Morgan fingerprint density at radius 2 is 1.92 bits per heavy atom. The SMILES string of the molecule is CCCN(C)S(=O)(=O)c1ccccc1Nc1nc(Nc2cc3c(cc2OC)CCN(C)C3)nc2[nH]ccc12. The first-order chi connectivity index (χ1) is 18.3. The van der Waals surface area contributed by atoms with Gasteiger partial charge in [0.05, 0.1) is 23.9 Å². The number of benzene rings is 2. The molecule has 2 aromatic carbocycles. The molecule has 200 valence electrons. The van der Waals surface area contributed by atoms with Crippen molar-refractivity contribution < 1.29 is 13.2 Å². The molecule has 0 radical (unpaired) electrons. The smallest absolute Gasteiger partial charge is 0.244 e. The molecule has 4 aromatic rings. The van der Waals surface area contributed by atoms with Gasteiger partial charge in [0.15, 0.2) is 0 Å². The number of fused-ring (bicyclic) bond motifs is 2. The van der Waals surface area contributed by atoms with E-state index in [1.165, 1.54) is 15.4 Å². The van der Waals surface area contributed by atoms with Gasteiger partial charge in [0, 0.05) is 32.9 Å². The van der Waals surface area contributed by atoms with E-state index in [2.05, 4.69) is 44.7 Å². The number of nitrogens with one attached hydrogen (secondary N) is 3. The molecule has 0 saturated heterocycles. The second kappa shape index (κ2) is 10.6. The Labute approximate surface area is 223 Å². The molecular formula is C27H33N7O3S. The molecule has 38 heavy (non-hydrogen) atoms. The molecule has 0 saturated carbocycles. The Morgan fingerprint density at radius 1 is 1.11 bits per heavy atom. The van der Waals surface area contributed by atoms with Crippen molar-refractivity contribution in [3.8, 4) is 5.75 Å². The number of methoxy groups -OCH3 is 1. The number of likely N-dealkylation sites (N-methyl/N-ethyl adjacent to an activating group) is 1. The van der Waals surface area contributed by atoms with E-state index in [1.54, 1.807) is 44.6 Å². The topological polar surface area (TPSA) is 115 Å². The highest BCUT2D eigenvalue weighted by Crippen LogP contribution is 2.35. The molecular weight excluding hydrogens is 502 g/mol. The molecule has 0 atom stereocenters. The van der Waals surface area contributed by atoms with Gasteiger partial charge in [-0.2, -0.15) is 9.97 Å². The molecule has 1 aliphatic heterocycles. The number of rotatable bonds is 9. The number of ether oxygens (including phenoxy) is 1. The second-order valence-electron chi connectivity index (χ2n) is 9.52. The maximum absolute atomic E-state index is 13.3. The maximum Gasteiger partial charge on any atom is 0.244 e. The first kappa shape index (κ1) is 26.0. The summed E-state index contributed by atoms with van der Waals surface area (Å²) in [5, 5.41) is 7.32. The summed E-state index contributed by atoms with van der Waals surface area (Å²) in [5.41, 5.74) is 4.33. The van der Waals surface area contributed by atoms with Crippen LogP contribution in [0.1, 0.15) is 24.5 Å². The van der Waals surface area contributed by atoms with Crippen LogP contribution < -0.4 is 15.4 Å². The standard InChI is InChI=1S/C27H33N7O3S/c1-5-13-34(3)38(35,36)24-9-7-6-8-21(24)29-26-20-10-12-28-25(20)31-27(32-26)30-22-15-19-17-33(2)14-11-18(19)16-23(22)37-4/h6-10,12,15-16H,5,11,13-14,17H2,1-4H3,(H3,28,29,30,31,32). The molecule has 2 aromatic heterocycles. The number of H-pyrrole nitrogens is 1. The molecule has 3 N–H and O–H groups in total. The van der Waals surface area contributed by atoms with E-state index in [4.69, 9.17) is 9.72 Å². The highest BCUT2D eigenvalue weighted by Gasteiger charge is 2.24. The number of sulfonamides is 1. The van der Waals surface area contributed by atoms with Gasteiger partial charge in [0.1, 0.15) is 22.1 Å². The summed E-state index contributed by atoms with van der Waals surface area (Å²) >= 11 is 0. The molecule has 0 fully saturated rings. The third kappa shape index (κ3) is 5.04. The predicted octanol–water partition coefficient (Wildman–Crippen LogP) is 4.47. The molecule has 1 aliphatic rings. The Kier molecular flexibility index (Phi) is 7.24. The molecule has 11 heteroatoms. The summed E-state index contributed by atoms with van der Waals surface area (Å²) in [6, 6.07) is 12.9. The van der Waals surface area contributed by atoms with E-state index >= 15 is 0 Å². The summed E-state index contributed by atoms with van der Waals surface area (Å²) in [6.45, 7) is 4.24. The van der Waals surface area contributed by atoms with E-state index in [0.717, 1.165) is 37.0 Å². The number of anilines is 4. The van der Waals surface area contributed by atoms with Crippen LogP contribution in [0, 0.1) is 0 Å². The fourth-order valence-electron chi connectivity index (χ4n) is 4.73. The number of hydrogen-bond acceptors (Lipinski definition) is 8. The lowest BCUT2D eigenvalue weighted by atomic mass is 9.99. The van der Waals surface area contributed by atoms with Crippen LogP contribution in [0.3, 0.4) is 0 Å². The van der Waals surface area contributed by atoms with Gasteiger partial charge >= 0.3 is 0 Å². The predicted molar refractivity (Wildman–Crippen MR) is 150 cm³/mol. The van der Waals surface area contributed by atoms with Crippen molar-refractivity contribution in [1.82, 2.24) is 24.2 Å². The Hall–Kier alpha value is -3.67. The van der Waals surface area contributed by atoms with E-state index in [0.29, 0.717) is 35.4 Å². The quantitative estimate of drug-likeness (QED) is 0.288. The molecule has 0 aliphatic carbocycles. The van der Waals surface area contributed by atoms with Crippen LogP contribution in [-0.4, -0.2) is 66.9 Å². The highest BCUT2D eigenvalue weighted by molar-refractivity contribution is 7.89. The zero-order valence-electron chi connectivity index (χ0n) is 22.1. The van der Waals surface area contributed by atoms with Gasteiger partial charge in [0.2, 0.25) is 16.0 Å². The van der Waals surface area contributed by atoms with Gasteiger partial charge in [0.25, 0.3) is 0 Å². The van der Waals surface area contributed by atoms with Crippen LogP contribution >= 0.6 is 0 Å². The van der Waals surface area contributed by atoms with Crippen molar-refractivity contribution in [2.24, 2.45) is 0 Å². The third-order valence-electron chi connectivity index (χ3n) is 6.75. The van der Waals surface area contributed by atoms with Crippen LogP contribution in [0.2, 0.25) is 0 Å². The summed E-state index contributed by atoms with van der Waals surface area (Å²) < 4.78 is 33.6. The molecule has 0 amide bonds. The van der Waals surface area contributed by atoms with Crippen LogP contribution in [-0.2, 0) is 23.0 Å². The van der Waals surface area contributed by atoms with E-state index in [-0.39, 0.29) is 4.90 Å². The molecule has 0 unspecified atom stereocenters. The first-order valence-corrected chi connectivity index (χ1v) is 14.1. The lowest BCUT2D eigenvalue weighted by Crippen LogP contribution is -2.28. The second-order valence-corrected chi connectivity index (χ2v) is 11.5. The van der Waals surface area contributed by atoms with Gasteiger partial charge in [-0.1, -0.05) is 19.1 Å². The summed E-state index contributed by atoms with van der Waals surface area (Å²) in [5.74, 6) is 1.55. The normalized spacial score (nSPS) is 14.0. The van der Waals surface area contributed by atoms with E-state index in [1.807, 2.05) is 13.0 Å². The monoisotopic (exact) mass is 535 g/mol. The van der Waals surface area contributed by atoms with E-state index in [9.17, 15) is 8.42 Å². The van der Waals surface area contributed by atoms with Crippen molar-refractivity contribution >= 4 is 44.2 Å². The van der Waals surface area contributed by atoms with Crippen LogP contribution in [0.4, 0.5) is 23.1 Å². The Balaban J connectivity index is 1.52. The minimum Gasteiger partial charge on any atom is -0.495 e. The van der Waals surface area contributed by atoms with Crippen molar-refractivity contribution in [1.29, 1.82) is 0 Å². The summed E-state index contributed by atoms with van der Waals surface area (Å²) in [7, 11) is 1.66. The average Bonchev–Trinajstić information content (AvgIpc) is 3.38. The molecule has 0 spiro atoms. The number of aromatic amines is 1. The fourth-order valence-corrected chi connectivity index (χ4v) is 6.14. The molecule has 0 bridgehead atoms. The van der Waals surface area contributed by atoms with E-state index < -0.39 is 10.0 Å². The van der Waals surface area contributed by atoms with Gasteiger partial charge in [-0.05, 0) is 61.3 Å². The lowest BCUT2D eigenvalue weighted by Gasteiger charge is -2.26. The summed E-state index contributed by atoms with van der Waals surface area (Å²) in [4.78, 5) is 15.0. The average molecular weight is 536 g/mol. The van der Waals surface area contributed by atoms with Crippen LogP contribution in [0.5, 0.6) is 5.75 Å². The zero-order valence-corrected chi connectivity index (χ0v) is 22.9. The molecule has 5 rings (SSSR count). The Bertz CT molecular complexity index is 1570. The van der Waals surface area contributed by atoms with Gasteiger partial charge in [-0.25, -0.2) is 12.7 Å². The minimum atomic E-state index is -3.69. The third-order valence-corrected chi connectivity index (χ3v) is 8.67. The number of hydrogen-bond donors (Lipinski definition) is 3. The highest BCUT2D eigenvalue weighted by atomic mass is 32.2. The number of para-hydroxylation sites is 1. The van der Waals surface area contributed by atoms with Crippen molar-refractivity contribution in [2.75, 3.05) is 44.9 Å². The van der Waals surface area contributed by atoms with Crippen LogP contribution in [0.25, 0.3) is 11.0 Å². The van der Waals surface area contributed by atoms with Crippen molar-refractivity contribution in [3.63, 3.8) is 0 Å². The Morgan fingerprint density at radius 3 is 2.71 bits per heavy atom. The van der Waals surface area contributed by atoms with Crippen molar-refractivity contribution in [2.45, 2.75) is 31.2 Å². The molecule has 10 nitrogen and oxygen atoms in total. The van der Waals surface area contributed by atoms with Gasteiger partial charge < -0.3 is 25.3 Å². The largest absolute Gasteiger partial charge is 0.495 e. The lowest BCUT2D eigenvalue weighted by molar-refractivity contribution is 0.312. The fraction of sp³-hybridized carbons (Fsp3) is 0.333. The maximum atomic E-state index is 13.3. The first-order valence-electron chi connectivity index (χ1n) is 12.6. The number of nitrogens with zero attached hydrogens (tertiary/aromatic N) is 4. The summed E-state index contributed by atoms with van der Waals surface area (Å²) in [6.07, 6.45) is 3.47. The zero-order chi connectivity index (χ0) is 26.9. The van der Waals surface area contributed by atoms with Gasteiger partial charge in [-0.3, -0.25) is 0 Å². The minimum absolute atomic E-state index is 0.188. The van der Waals surface area contributed by atoms with Crippen LogP contribution in [0.15, 0.2) is 53.6 Å². The van der Waals surface area contributed by atoms with Gasteiger partial charge in [-0.15, -0.1) is 0 Å². The molecule has 3 heterocycles. The number of aromatic nitrogens is 3.